The van der Waals surface area contributed by atoms with Crippen molar-refractivity contribution < 1.29 is 18.7 Å². The fourth-order valence-electron chi connectivity index (χ4n) is 7.57. The number of amides is 1. The number of piperidine rings is 1. The number of rotatable bonds is 6. The molecule has 0 aromatic heterocycles. The van der Waals surface area contributed by atoms with Crippen molar-refractivity contribution in [2.75, 3.05) is 26.8 Å². The third-order valence-corrected chi connectivity index (χ3v) is 9.85. The molecule has 6 nitrogen and oxygen atoms in total. The fourth-order valence-corrected chi connectivity index (χ4v) is 7.91. The summed E-state index contributed by atoms with van der Waals surface area (Å²) in [6.45, 7) is 9.79. The zero-order valence-corrected chi connectivity index (χ0v) is 26.3. The van der Waals surface area contributed by atoms with Gasteiger partial charge >= 0.3 is 0 Å². The van der Waals surface area contributed by atoms with Gasteiger partial charge in [0.1, 0.15) is 17.9 Å². The van der Waals surface area contributed by atoms with E-state index in [1.165, 1.54) is 12.1 Å². The van der Waals surface area contributed by atoms with E-state index in [4.69, 9.17) is 23.2 Å². The van der Waals surface area contributed by atoms with Gasteiger partial charge in [0.2, 0.25) is 5.91 Å². The Morgan fingerprint density at radius 1 is 1.17 bits per heavy atom. The topological polar surface area (TPSA) is 59.4 Å². The lowest BCUT2D eigenvalue weighted by atomic mass is 9.62. The molecule has 3 heterocycles. The number of halogens is 4. The molecule has 1 amide bonds. The standard InChI is InChI=1S/C32H40Cl2F2N4O2/c1-19(41)38-13-11-21(12-14-38)39-18-40-26(16-31(2,3)4)32(17-37-5,23-10-9-20(33)15-25(23)35)27(29(40)30(39)42)22-7-6-8-24(34)28(22)36/h6-10,15,17,19,21,26-27,29,41H,11-14,16,18H2,1-5H3. The van der Waals surface area contributed by atoms with E-state index >= 15 is 8.78 Å². The minimum absolute atomic E-state index is 0.0141. The van der Waals surface area contributed by atoms with Crippen molar-refractivity contribution in [2.24, 2.45) is 10.4 Å². The van der Waals surface area contributed by atoms with Crippen LogP contribution in [0, 0.1) is 17.0 Å². The number of hydrogen-bond acceptors (Lipinski definition) is 5. The lowest BCUT2D eigenvalue weighted by molar-refractivity contribution is -0.132. The van der Waals surface area contributed by atoms with Gasteiger partial charge in [-0.2, -0.15) is 0 Å². The van der Waals surface area contributed by atoms with Crippen LogP contribution >= 0.6 is 23.2 Å². The van der Waals surface area contributed by atoms with E-state index in [1.54, 1.807) is 44.5 Å². The molecule has 42 heavy (non-hydrogen) atoms. The minimum atomic E-state index is -1.19. The maximum atomic E-state index is 16.1. The average molecular weight is 622 g/mol. The second-order valence-electron chi connectivity index (χ2n) is 13.2. The Labute approximate surface area is 257 Å². The number of aliphatic hydroxyl groups is 1. The number of nitrogens with zero attached hydrogens (tertiary/aromatic N) is 4. The van der Waals surface area contributed by atoms with Gasteiger partial charge in [0.15, 0.2) is 0 Å². The molecule has 10 heteroatoms. The molecular weight excluding hydrogens is 581 g/mol. The highest BCUT2D eigenvalue weighted by Crippen LogP contribution is 2.58. The second-order valence-corrected chi connectivity index (χ2v) is 14.0. The number of carbonyl (C=O) groups is 1. The van der Waals surface area contributed by atoms with Crippen LogP contribution in [0.5, 0.6) is 0 Å². The Hall–Kier alpha value is -2.10. The van der Waals surface area contributed by atoms with Crippen molar-refractivity contribution in [2.45, 2.75) is 82.6 Å². The molecule has 2 aromatic carbocycles. The summed E-state index contributed by atoms with van der Waals surface area (Å²) in [7, 11) is 1.63. The number of fused-ring (bicyclic) bond motifs is 1. The van der Waals surface area contributed by atoms with Crippen molar-refractivity contribution in [1.82, 2.24) is 14.7 Å². The molecule has 1 N–H and O–H groups in total. The molecule has 5 atom stereocenters. The van der Waals surface area contributed by atoms with Crippen LogP contribution in [0.25, 0.3) is 0 Å². The first-order valence-corrected chi connectivity index (χ1v) is 15.4. The number of benzene rings is 2. The van der Waals surface area contributed by atoms with Crippen LogP contribution in [0.3, 0.4) is 0 Å². The van der Waals surface area contributed by atoms with Crippen molar-refractivity contribution in [3.63, 3.8) is 0 Å². The lowest BCUT2D eigenvalue weighted by Crippen LogP contribution is -2.52. The Balaban J connectivity index is 1.71. The minimum Gasteiger partial charge on any atom is -0.379 e. The van der Waals surface area contributed by atoms with Gasteiger partial charge < -0.3 is 10.0 Å². The normalized spacial score (nSPS) is 28.7. The third-order valence-electron chi connectivity index (χ3n) is 9.32. The molecule has 5 unspecified atom stereocenters. The number of aliphatic hydroxyl groups excluding tert-OH is 1. The van der Waals surface area contributed by atoms with Crippen LogP contribution in [-0.2, 0) is 10.2 Å². The molecule has 3 aliphatic heterocycles. The summed E-state index contributed by atoms with van der Waals surface area (Å²) in [6, 6.07) is 8.22. The summed E-state index contributed by atoms with van der Waals surface area (Å²) in [5.41, 5.74) is -0.812. The van der Waals surface area contributed by atoms with Crippen molar-refractivity contribution in [3.05, 3.63) is 69.2 Å². The lowest BCUT2D eigenvalue weighted by Gasteiger charge is -2.44. The Morgan fingerprint density at radius 2 is 1.86 bits per heavy atom. The molecule has 0 radical (unpaired) electrons. The summed E-state index contributed by atoms with van der Waals surface area (Å²) in [5, 5.41) is 10.3. The number of likely N-dealkylation sites (tertiary alicyclic amines) is 1. The van der Waals surface area contributed by atoms with E-state index in [0.29, 0.717) is 31.7 Å². The third kappa shape index (κ3) is 5.38. The predicted molar refractivity (Wildman–Crippen MR) is 163 cm³/mol. The van der Waals surface area contributed by atoms with E-state index in [9.17, 15) is 9.90 Å². The highest BCUT2D eigenvalue weighted by molar-refractivity contribution is 6.31. The van der Waals surface area contributed by atoms with Gasteiger partial charge in [0.05, 0.1) is 23.1 Å². The zero-order valence-electron chi connectivity index (χ0n) is 24.8. The monoisotopic (exact) mass is 620 g/mol. The summed E-state index contributed by atoms with van der Waals surface area (Å²) in [4.78, 5) is 25.1. The molecule has 0 spiro atoms. The SMILES string of the molecule is CN=CC1(c2ccc(Cl)cc2F)C(c2cccc(Cl)c2F)C2C(=O)N(C3CCN(C(C)O)CC3)CN2C1CC(C)(C)C. The maximum Gasteiger partial charge on any atom is 0.241 e. The Kier molecular flexibility index (Phi) is 8.78. The molecule has 0 aliphatic carbocycles. The van der Waals surface area contributed by atoms with Gasteiger partial charge in [-0.3, -0.25) is 19.6 Å². The summed E-state index contributed by atoms with van der Waals surface area (Å²) >= 11 is 12.5. The van der Waals surface area contributed by atoms with E-state index in [2.05, 4.69) is 30.7 Å². The molecule has 0 saturated carbocycles. The number of carbonyl (C=O) groups excluding carboxylic acids is 1. The highest BCUT2D eigenvalue weighted by atomic mass is 35.5. The van der Waals surface area contributed by atoms with Crippen molar-refractivity contribution in [1.29, 1.82) is 0 Å². The molecule has 5 rings (SSSR count). The summed E-state index contributed by atoms with van der Waals surface area (Å²) in [6.07, 6.45) is 3.23. The maximum absolute atomic E-state index is 16.1. The summed E-state index contributed by atoms with van der Waals surface area (Å²) < 4.78 is 32.2. The molecule has 3 aliphatic rings. The van der Waals surface area contributed by atoms with Crippen LogP contribution < -0.4 is 0 Å². The highest BCUT2D eigenvalue weighted by Gasteiger charge is 2.66. The zero-order chi connectivity index (χ0) is 30.6. The molecule has 3 saturated heterocycles. The van der Waals surface area contributed by atoms with Crippen LogP contribution in [0.15, 0.2) is 41.4 Å². The van der Waals surface area contributed by atoms with Gasteiger partial charge in [-0.05, 0) is 55.4 Å². The Morgan fingerprint density at radius 3 is 2.45 bits per heavy atom. The molecular formula is C32H40Cl2F2N4O2. The predicted octanol–water partition coefficient (Wildman–Crippen LogP) is 6.09. The first-order chi connectivity index (χ1) is 19.8. The van der Waals surface area contributed by atoms with Gasteiger partial charge in [0.25, 0.3) is 0 Å². The number of hydrogen-bond donors (Lipinski definition) is 1. The van der Waals surface area contributed by atoms with Crippen LogP contribution in [0.4, 0.5) is 8.78 Å². The van der Waals surface area contributed by atoms with E-state index in [0.717, 1.165) is 12.8 Å². The quantitative estimate of drug-likeness (QED) is 0.397. The van der Waals surface area contributed by atoms with Crippen LogP contribution in [0.2, 0.25) is 10.0 Å². The van der Waals surface area contributed by atoms with Gasteiger partial charge in [-0.1, -0.05) is 62.2 Å². The van der Waals surface area contributed by atoms with Crippen LogP contribution in [-0.4, -0.2) is 83.1 Å². The van der Waals surface area contributed by atoms with Gasteiger partial charge in [-0.15, -0.1) is 0 Å². The fraction of sp³-hybridized carbons (Fsp3) is 0.562. The van der Waals surface area contributed by atoms with Gasteiger partial charge in [0, 0.05) is 54.9 Å². The molecule has 3 fully saturated rings. The summed E-state index contributed by atoms with van der Waals surface area (Å²) in [5.74, 6) is -2.04. The first kappa shape index (κ1) is 31.3. The molecule has 228 valence electrons. The first-order valence-electron chi connectivity index (χ1n) is 14.6. The van der Waals surface area contributed by atoms with E-state index in [1.807, 2.05) is 9.80 Å². The van der Waals surface area contributed by atoms with Crippen molar-refractivity contribution in [3.8, 4) is 0 Å². The molecule has 2 aromatic rings. The van der Waals surface area contributed by atoms with E-state index < -0.39 is 41.3 Å². The van der Waals surface area contributed by atoms with Crippen molar-refractivity contribution >= 4 is 35.3 Å². The van der Waals surface area contributed by atoms with Gasteiger partial charge in [-0.25, -0.2) is 8.78 Å². The average Bonchev–Trinajstić information content (AvgIpc) is 3.37. The van der Waals surface area contributed by atoms with E-state index in [-0.39, 0.29) is 33.0 Å². The Bertz CT molecular complexity index is 1360. The second kappa shape index (κ2) is 11.8. The largest absolute Gasteiger partial charge is 0.379 e. The number of aliphatic imine (C=N–C) groups is 1. The smallest absolute Gasteiger partial charge is 0.241 e. The van der Waals surface area contributed by atoms with Crippen LogP contribution in [0.1, 0.15) is 64.0 Å². The molecule has 0 bridgehead atoms.